The first-order chi connectivity index (χ1) is 7.97. The minimum atomic E-state index is -0.485. The van der Waals surface area contributed by atoms with Crippen molar-refractivity contribution in [3.63, 3.8) is 0 Å². The third-order valence-electron chi connectivity index (χ3n) is 2.39. The molecule has 0 aliphatic heterocycles. The zero-order valence-corrected chi connectivity index (χ0v) is 10.7. The molecule has 17 heavy (non-hydrogen) atoms. The van der Waals surface area contributed by atoms with Crippen LogP contribution in [-0.2, 0) is 0 Å². The second kappa shape index (κ2) is 4.41. The van der Waals surface area contributed by atoms with Crippen molar-refractivity contribution in [2.75, 3.05) is 0 Å². The van der Waals surface area contributed by atoms with Crippen LogP contribution < -0.4 is 5.73 Å². The van der Waals surface area contributed by atoms with Gasteiger partial charge >= 0.3 is 0 Å². The molecule has 0 fully saturated rings. The highest BCUT2D eigenvalue weighted by atomic mass is 35.5. The summed E-state index contributed by atoms with van der Waals surface area (Å²) in [5, 5.41) is 2.84. The molecular weight excluding hydrogens is 230 g/mol. The molecule has 2 aromatic carbocycles. The quantitative estimate of drug-likeness (QED) is 0.704. The van der Waals surface area contributed by atoms with Gasteiger partial charge in [-0.1, -0.05) is 47.7 Å². The van der Waals surface area contributed by atoms with Crippen LogP contribution in [-0.4, -0.2) is 5.54 Å². The Kier molecular flexibility index (Phi) is 3.11. The van der Waals surface area contributed by atoms with Crippen LogP contribution in [0.3, 0.4) is 0 Å². The molecule has 0 atom stereocenters. The lowest BCUT2D eigenvalue weighted by molar-refractivity contribution is 0.680. The lowest BCUT2D eigenvalue weighted by Crippen LogP contribution is -2.29. The lowest BCUT2D eigenvalue weighted by atomic mass is 10.0. The van der Waals surface area contributed by atoms with Crippen LogP contribution in [0.5, 0.6) is 0 Å². The zero-order chi connectivity index (χ0) is 12.5. The van der Waals surface area contributed by atoms with Gasteiger partial charge in [-0.3, -0.25) is 0 Å². The first-order valence-corrected chi connectivity index (χ1v) is 5.84. The van der Waals surface area contributed by atoms with E-state index in [4.69, 9.17) is 17.3 Å². The molecule has 0 aromatic heterocycles. The second-order valence-corrected chi connectivity index (χ2v) is 5.02. The van der Waals surface area contributed by atoms with Gasteiger partial charge in [0.05, 0.1) is 5.54 Å². The Morgan fingerprint density at radius 1 is 1.06 bits per heavy atom. The average Bonchev–Trinajstić information content (AvgIpc) is 2.27. The molecule has 0 unspecified atom stereocenters. The summed E-state index contributed by atoms with van der Waals surface area (Å²) in [6.45, 7) is 3.77. The van der Waals surface area contributed by atoms with Crippen LogP contribution in [0.15, 0.2) is 36.4 Å². The number of rotatable bonds is 0. The van der Waals surface area contributed by atoms with Gasteiger partial charge in [-0.25, -0.2) is 0 Å². The number of benzene rings is 2. The predicted molar refractivity (Wildman–Crippen MR) is 74.1 cm³/mol. The minimum absolute atomic E-state index is 0.485. The summed E-state index contributed by atoms with van der Waals surface area (Å²) in [5.41, 5.74) is 6.33. The van der Waals surface area contributed by atoms with Gasteiger partial charge in [-0.15, -0.1) is 0 Å². The Bertz CT molecular complexity index is 612. The van der Waals surface area contributed by atoms with Crippen LogP contribution >= 0.6 is 11.6 Å². The molecule has 0 bridgehead atoms. The molecule has 0 heterocycles. The standard InChI is InChI=1S/C15H14ClN/c1-15(2,17)10-9-11-7-8-14(16)13-6-4-3-5-12(11)13/h3-8H,17H2,1-2H3. The fourth-order valence-electron chi connectivity index (χ4n) is 1.60. The zero-order valence-electron chi connectivity index (χ0n) is 9.92. The van der Waals surface area contributed by atoms with Gasteiger partial charge in [0.15, 0.2) is 0 Å². The van der Waals surface area contributed by atoms with Crippen LogP contribution in [0.4, 0.5) is 0 Å². The van der Waals surface area contributed by atoms with Crippen molar-refractivity contribution in [3.8, 4) is 11.8 Å². The van der Waals surface area contributed by atoms with E-state index in [0.29, 0.717) is 0 Å². The number of fused-ring (bicyclic) bond motifs is 1. The van der Waals surface area contributed by atoms with Gasteiger partial charge in [0.25, 0.3) is 0 Å². The van der Waals surface area contributed by atoms with Crippen molar-refractivity contribution < 1.29 is 0 Å². The lowest BCUT2D eigenvalue weighted by Gasteiger charge is -2.08. The minimum Gasteiger partial charge on any atom is -0.316 e. The Morgan fingerprint density at radius 3 is 2.35 bits per heavy atom. The van der Waals surface area contributed by atoms with Crippen molar-refractivity contribution in [2.45, 2.75) is 19.4 Å². The maximum absolute atomic E-state index is 6.15. The molecule has 2 N–H and O–H groups in total. The Hall–Kier alpha value is -1.49. The SMILES string of the molecule is CC(C)(N)C#Cc1ccc(Cl)c2ccccc12. The first kappa shape index (κ1) is 12.0. The van der Waals surface area contributed by atoms with Crippen LogP contribution in [0.25, 0.3) is 10.8 Å². The van der Waals surface area contributed by atoms with E-state index in [1.54, 1.807) is 0 Å². The number of halogens is 1. The Balaban J connectivity index is 2.63. The van der Waals surface area contributed by atoms with Crippen molar-refractivity contribution >= 4 is 22.4 Å². The molecule has 0 amide bonds. The fraction of sp³-hybridized carbons (Fsp3) is 0.200. The number of hydrogen-bond donors (Lipinski definition) is 1. The molecule has 2 aromatic rings. The summed E-state index contributed by atoms with van der Waals surface area (Å²) < 4.78 is 0. The van der Waals surface area contributed by atoms with E-state index in [0.717, 1.165) is 21.4 Å². The summed E-state index contributed by atoms with van der Waals surface area (Å²) in [4.78, 5) is 0. The largest absolute Gasteiger partial charge is 0.316 e. The van der Waals surface area contributed by atoms with Crippen molar-refractivity contribution in [1.29, 1.82) is 0 Å². The normalized spacial score (nSPS) is 11.1. The molecule has 0 spiro atoms. The first-order valence-electron chi connectivity index (χ1n) is 5.47. The monoisotopic (exact) mass is 243 g/mol. The third-order valence-corrected chi connectivity index (χ3v) is 2.72. The molecule has 2 heteroatoms. The molecular formula is C15H14ClN. The molecule has 0 saturated heterocycles. The van der Waals surface area contributed by atoms with Gasteiger partial charge in [0.2, 0.25) is 0 Å². The van der Waals surface area contributed by atoms with E-state index in [9.17, 15) is 0 Å². The summed E-state index contributed by atoms with van der Waals surface area (Å²) in [5.74, 6) is 6.16. The number of hydrogen-bond acceptors (Lipinski definition) is 1. The van der Waals surface area contributed by atoms with E-state index in [-0.39, 0.29) is 0 Å². The molecule has 0 radical (unpaired) electrons. The average molecular weight is 244 g/mol. The highest BCUT2D eigenvalue weighted by molar-refractivity contribution is 6.35. The topological polar surface area (TPSA) is 26.0 Å². The van der Waals surface area contributed by atoms with E-state index < -0.39 is 5.54 Å². The summed E-state index contributed by atoms with van der Waals surface area (Å²) in [6, 6.07) is 11.8. The smallest absolute Gasteiger partial charge is 0.0722 e. The van der Waals surface area contributed by atoms with Crippen LogP contribution in [0, 0.1) is 11.8 Å². The van der Waals surface area contributed by atoms with E-state index in [2.05, 4.69) is 11.8 Å². The van der Waals surface area contributed by atoms with E-state index in [1.807, 2.05) is 50.2 Å². The van der Waals surface area contributed by atoms with E-state index in [1.165, 1.54) is 0 Å². The Morgan fingerprint density at radius 2 is 1.71 bits per heavy atom. The van der Waals surface area contributed by atoms with Gasteiger partial charge in [-0.2, -0.15) is 0 Å². The second-order valence-electron chi connectivity index (χ2n) is 4.61. The van der Waals surface area contributed by atoms with E-state index >= 15 is 0 Å². The molecule has 2 rings (SSSR count). The maximum atomic E-state index is 6.15. The predicted octanol–water partition coefficient (Wildman–Crippen LogP) is 3.58. The maximum Gasteiger partial charge on any atom is 0.0722 e. The molecule has 1 nitrogen and oxygen atoms in total. The van der Waals surface area contributed by atoms with Crippen molar-refractivity contribution in [3.05, 3.63) is 47.0 Å². The van der Waals surface area contributed by atoms with Gasteiger partial charge in [-0.05, 0) is 31.4 Å². The van der Waals surface area contributed by atoms with Crippen LogP contribution in [0.1, 0.15) is 19.4 Å². The summed E-state index contributed by atoms with van der Waals surface area (Å²) in [6.07, 6.45) is 0. The molecule has 0 aliphatic rings. The summed E-state index contributed by atoms with van der Waals surface area (Å²) in [7, 11) is 0. The fourth-order valence-corrected chi connectivity index (χ4v) is 1.83. The van der Waals surface area contributed by atoms with Crippen LogP contribution in [0.2, 0.25) is 5.02 Å². The van der Waals surface area contributed by atoms with Crippen molar-refractivity contribution in [1.82, 2.24) is 0 Å². The van der Waals surface area contributed by atoms with Gasteiger partial charge in [0, 0.05) is 16.0 Å². The third kappa shape index (κ3) is 2.79. The molecule has 0 aliphatic carbocycles. The molecule has 86 valence electrons. The van der Waals surface area contributed by atoms with Gasteiger partial charge < -0.3 is 5.73 Å². The number of nitrogens with two attached hydrogens (primary N) is 1. The Labute approximate surface area is 107 Å². The van der Waals surface area contributed by atoms with Gasteiger partial charge in [0.1, 0.15) is 0 Å². The highest BCUT2D eigenvalue weighted by Crippen LogP contribution is 2.25. The highest BCUT2D eigenvalue weighted by Gasteiger charge is 2.05. The van der Waals surface area contributed by atoms with Crippen molar-refractivity contribution in [2.24, 2.45) is 5.73 Å². The molecule has 0 saturated carbocycles. The summed E-state index contributed by atoms with van der Waals surface area (Å²) >= 11 is 6.15.